The molecule has 1 unspecified atom stereocenters. The summed E-state index contributed by atoms with van der Waals surface area (Å²) in [6.45, 7) is 4.05. The molecule has 0 saturated carbocycles. The number of amides is 1. The lowest BCUT2D eigenvalue weighted by molar-refractivity contribution is 0.0833. The zero-order valence-electron chi connectivity index (χ0n) is 15.7. The van der Waals surface area contributed by atoms with Gasteiger partial charge in [0.15, 0.2) is 0 Å². The number of carbonyl (C=O) groups is 1. The van der Waals surface area contributed by atoms with Crippen molar-refractivity contribution in [2.24, 2.45) is 0 Å². The number of aryl methyl sites for hydroxylation is 1. The maximum absolute atomic E-state index is 12.4. The normalized spacial score (nSPS) is 17.7. The number of rotatable bonds is 4. The molecule has 0 spiro atoms. The number of pyridine rings is 1. The molecule has 0 bridgehead atoms. The minimum atomic E-state index is -0.0692. The number of thiazole rings is 1. The van der Waals surface area contributed by atoms with E-state index in [1.165, 1.54) is 22.6 Å². The molecule has 3 aromatic rings. The summed E-state index contributed by atoms with van der Waals surface area (Å²) >= 11 is 3.11. The van der Waals surface area contributed by atoms with E-state index < -0.39 is 0 Å². The molecule has 0 aromatic carbocycles. The van der Waals surface area contributed by atoms with Gasteiger partial charge in [0.2, 0.25) is 0 Å². The molecular formula is C19H23N5OS2. The molecule has 4 heterocycles. The van der Waals surface area contributed by atoms with E-state index in [1.54, 1.807) is 30.3 Å². The molecule has 142 valence electrons. The summed E-state index contributed by atoms with van der Waals surface area (Å²) in [6, 6.07) is 4.38. The molecule has 6 nitrogen and oxygen atoms in total. The SMILES string of the molecule is Cc1ncsc1CN1CCCC1c1ccc2c(N)c(C(=O)N(C)C)sc2n1. The topological polar surface area (TPSA) is 75.4 Å². The van der Waals surface area contributed by atoms with Crippen LogP contribution in [0, 0.1) is 6.92 Å². The molecule has 3 aromatic heterocycles. The first-order chi connectivity index (χ1) is 13.0. The average molecular weight is 402 g/mol. The molecule has 1 fully saturated rings. The smallest absolute Gasteiger partial charge is 0.265 e. The first-order valence-electron chi connectivity index (χ1n) is 8.99. The van der Waals surface area contributed by atoms with Crippen molar-refractivity contribution >= 4 is 44.5 Å². The van der Waals surface area contributed by atoms with E-state index in [-0.39, 0.29) is 5.91 Å². The Morgan fingerprint density at radius 2 is 2.22 bits per heavy atom. The van der Waals surface area contributed by atoms with Gasteiger partial charge in [-0.1, -0.05) is 0 Å². The molecular weight excluding hydrogens is 378 g/mol. The lowest BCUT2D eigenvalue weighted by Crippen LogP contribution is -2.23. The quantitative estimate of drug-likeness (QED) is 0.722. The maximum atomic E-state index is 12.4. The van der Waals surface area contributed by atoms with Gasteiger partial charge in [-0.25, -0.2) is 9.97 Å². The first-order valence-corrected chi connectivity index (χ1v) is 10.7. The van der Waals surface area contributed by atoms with Crippen LogP contribution in [-0.4, -0.2) is 46.3 Å². The Bertz CT molecular complexity index is 993. The number of nitrogens with two attached hydrogens (primary N) is 1. The van der Waals surface area contributed by atoms with Crippen molar-refractivity contribution in [3.63, 3.8) is 0 Å². The Kier molecular flexibility index (Phi) is 4.88. The molecule has 1 atom stereocenters. The van der Waals surface area contributed by atoms with Crippen LogP contribution in [0.2, 0.25) is 0 Å². The summed E-state index contributed by atoms with van der Waals surface area (Å²) in [4.78, 5) is 28.4. The van der Waals surface area contributed by atoms with Crippen LogP contribution in [0.3, 0.4) is 0 Å². The summed E-state index contributed by atoms with van der Waals surface area (Å²) < 4.78 is 0. The number of anilines is 1. The molecule has 27 heavy (non-hydrogen) atoms. The summed E-state index contributed by atoms with van der Waals surface area (Å²) in [7, 11) is 3.48. The number of hydrogen-bond donors (Lipinski definition) is 1. The predicted octanol–water partition coefficient (Wildman–Crippen LogP) is 3.68. The van der Waals surface area contributed by atoms with Crippen molar-refractivity contribution in [2.45, 2.75) is 32.4 Å². The zero-order chi connectivity index (χ0) is 19.1. The van der Waals surface area contributed by atoms with Crippen molar-refractivity contribution in [3.8, 4) is 0 Å². The number of aromatic nitrogens is 2. The van der Waals surface area contributed by atoms with E-state index in [9.17, 15) is 4.79 Å². The van der Waals surface area contributed by atoms with Crippen LogP contribution in [0.1, 0.15) is 44.8 Å². The number of nitrogen functional groups attached to an aromatic ring is 1. The van der Waals surface area contributed by atoms with Crippen LogP contribution in [-0.2, 0) is 6.54 Å². The van der Waals surface area contributed by atoms with Crippen LogP contribution in [0.15, 0.2) is 17.6 Å². The highest BCUT2D eigenvalue weighted by Gasteiger charge is 2.29. The monoisotopic (exact) mass is 401 g/mol. The van der Waals surface area contributed by atoms with Gasteiger partial charge in [-0.2, -0.15) is 0 Å². The predicted molar refractivity (Wildman–Crippen MR) is 111 cm³/mol. The molecule has 0 aliphatic carbocycles. The number of nitrogens with zero attached hydrogens (tertiary/aromatic N) is 4. The van der Waals surface area contributed by atoms with E-state index >= 15 is 0 Å². The standard InChI is InChI=1S/C19H23N5OS2/c1-11-15(26-10-21-11)9-24-8-4-5-14(24)13-7-6-12-16(20)17(19(25)23(2)3)27-18(12)22-13/h6-7,10,14H,4-5,8-9,20H2,1-3H3. The van der Waals surface area contributed by atoms with Crippen molar-refractivity contribution in [3.05, 3.63) is 38.8 Å². The maximum Gasteiger partial charge on any atom is 0.265 e. The summed E-state index contributed by atoms with van der Waals surface area (Å²) in [5.74, 6) is -0.0692. The van der Waals surface area contributed by atoms with E-state index in [2.05, 4.69) is 22.9 Å². The molecule has 1 aliphatic rings. The highest BCUT2D eigenvalue weighted by molar-refractivity contribution is 7.21. The van der Waals surface area contributed by atoms with Crippen molar-refractivity contribution in [2.75, 3.05) is 26.4 Å². The second kappa shape index (κ2) is 7.18. The number of thiophene rings is 1. The van der Waals surface area contributed by atoms with Gasteiger partial charge >= 0.3 is 0 Å². The van der Waals surface area contributed by atoms with Crippen LogP contribution in [0.25, 0.3) is 10.2 Å². The molecule has 0 radical (unpaired) electrons. The Morgan fingerprint density at radius 3 is 2.93 bits per heavy atom. The third-order valence-corrected chi connectivity index (χ3v) is 7.14. The largest absolute Gasteiger partial charge is 0.397 e. The minimum Gasteiger partial charge on any atom is -0.397 e. The average Bonchev–Trinajstić information content (AvgIpc) is 3.35. The summed E-state index contributed by atoms with van der Waals surface area (Å²) in [5, 5.41) is 0.872. The second-order valence-electron chi connectivity index (χ2n) is 7.12. The van der Waals surface area contributed by atoms with Gasteiger partial charge < -0.3 is 10.6 Å². The second-order valence-corrected chi connectivity index (χ2v) is 9.06. The molecule has 8 heteroatoms. The number of likely N-dealkylation sites (tertiary alicyclic amines) is 1. The Balaban J connectivity index is 1.65. The highest BCUT2D eigenvalue weighted by Crippen LogP contribution is 2.37. The minimum absolute atomic E-state index is 0.0692. The molecule has 2 N–H and O–H groups in total. The number of hydrogen-bond acceptors (Lipinski definition) is 7. The van der Waals surface area contributed by atoms with Crippen molar-refractivity contribution in [1.82, 2.24) is 19.8 Å². The number of fused-ring (bicyclic) bond motifs is 1. The molecule has 4 rings (SSSR count). The lowest BCUT2D eigenvalue weighted by Gasteiger charge is -2.23. The van der Waals surface area contributed by atoms with Gasteiger partial charge in [-0.15, -0.1) is 22.7 Å². The van der Waals surface area contributed by atoms with E-state index in [1.807, 2.05) is 11.6 Å². The van der Waals surface area contributed by atoms with Crippen LogP contribution in [0.5, 0.6) is 0 Å². The van der Waals surface area contributed by atoms with Gasteiger partial charge in [0.05, 0.1) is 28.6 Å². The van der Waals surface area contributed by atoms with Crippen molar-refractivity contribution < 1.29 is 4.79 Å². The van der Waals surface area contributed by atoms with Gasteiger partial charge in [-0.3, -0.25) is 9.69 Å². The Labute approximate surface area is 166 Å². The number of carbonyl (C=O) groups excluding carboxylic acids is 1. The fourth-order valence-corrected chi connectivity index (χ4v) is 5.50. The highest BCUT2D eigenvalue weighted by atomic mass is 32.1. The van der Waals surface area contributed by atoms with E-state index in [0.29, 0.717) is 16.6 Å². The lowest BCUT2D eigenvalue weighted by atomic mass is 10.1. The third kappa shape index (κ3) is 3.33. The fraction of sp³-hybridized carbons (Fsp3) is 0.421. The summed E-state index contributed by atoms with van der Waals surface area (Å²) in [6.07, 6.45) is 2.26. The summed E-state index contributed by atoms with van der Waals surface area (Å²) in [5.41, 5.74) is 10.9. The van der Waals surface area contributed by atoms with Gasteiger partial charge in [-0.05, 0) is 38.4 Å². The fourth-order valence-electron chi connectivity index (χ4n) is 3.57. The molecule has 1 amide bonds. The van der Waals surface area contributed by atoms with Crippen molar-refractivity contribution in [1.29, 1.82) is 0 Å². The zero-order valence-corrected chi connectivity index (χ0v) is 17.4. The first kappa shape index (κ1) is 18.3. The van der Waals surface area contributed by atoms with Gasteiger partial charge in [0.25, 0.3) is 5.91 Å². The molecule has 1 saturated heterocycles. The third-order valence-electron chi connectivity index (χ3n) is 5.11. The van der Waals surface area contributed by atoms with Crippen LogP contribution in [0.4, 0.5) is 5.69 Å². The Hall–Kier alpha value is -2.03. The Morgan fingerprint density at radius 1 is 1.41 bits per heavy atom. The van der Waals surface area contributed by atoms with Gasteiger partial charge in [0.1, 0.15) is 9.71 Å². The van der Waals surface area contributed by atoms with E-state index in [4.69, 9.17) is 10.7 Å². The van der Waals surface area contributed by atoms with Gasteiger partial charge in [0, 0.05) is 30.9 Å². The van der Waals surface area contributed by atoms with Crippen LogP contribution >= 0.6 is 22.7 Å². The van der Waals surface area contributed by atoms with E-state index in [0.717, 1.165) is 41.1 Å². The molecule has 1 aliphatic heterocycles. The van der Waals surface area contributed by atoms with Crippen LogP contribution < -0.4 is 5.73 Å².